The SMILES string of the molecule is N[C@@H](CC(=O)N1CC(C2CCCCN(c3ccccn3)CC2)C1)Cc1ccccc1F. The van der Waals surface area contributed by atoms with Gasteiger partial charge < -0.3 is 15.5 Å². The number of pyridine rings is 1. The molecule has 0 saturated carbocycles. The predicted octanol–water partition coefficient (Wildman–Crippen LogP) is 3.64. The van der Waals surface area contributed by atoms with Crippen LogP contribution in [0.3, 0.4) is 0 Å². The molecule has 2 atom stereocenters. The summed E-state index contributed by atoms with van der Waals surface area (Å²) in [6, 6.07) is 12.4. The highest BCUT2D eigenvalue weighted by Crippen LogP contribution is 2.33. The Morgan fingerprint density at radius 1 is 1.06 bits per heavy atom. The summed E-state index contributed by atoms with van der Waals surface area (Å²) in [6.07, 6.45) is 7.34. The number of halogens is 1. The lowest BCUT2D eigenvalue weighted by Gasteiger charge is -2.45. The number of aromatic nitrogens is 1. The van der Waals surface area contributed by atoms with Gasteiger partial charge in [-0.15, -0.1) is 0 Å². The van der Waals surface area contributed by atoms with Gasteiger partial charge in [-0.3, -0.25) is 4.79 Å². The number of likely N-dealkylation sites (tertiary alicyclic amines) is 1. The Morgan fingerprint density at radius 3 is 2.65 bits per heavy atom. The van der Waals surface area contributed by atoms with Gasteiger partial charge in [-0.1, -0.05) is 30.7 Å². The van der Waals surface area contributed by atoms with E-state index in [9.17, 15) is 9.18 Å². The second-order valence-corrected chi connectivity index (χ2v) is 9.04. The van der Waals surface area contributed by atoms with E-state index in [4.69, 9.17) is 5.73 Å². The smallest absolute Gasteiger partial charge is 0.224 e. The van der Waals surface area contributed by atoms with Gasteiger partial charge in [0.15, 0.2) is 0 Å². The number of nitrogens with two attached hydrogens (primary N) is 1. The van der Waals surface area contributed by atoms with Crippen molar-refractivity contribution in [3.05, 3.63) is 60.0 Å². The summed E-state index contributed by atoms with van der Waals surface area (Å²) in [6.45, 7) is 3.76. The molecule has 1 amide bonds. The topological polar surface area (TPSA) is 62.5 Å². The molecule has 0 aliphatic carbocycles. The van der Waals surface area contributed by atoms with E-state index in [1.54, 1.807) is 18.2 Å². The van der Waals surface area contributed by atoms with Crippen molar-refractivity contribution in [2.75, 3.05) is 31.1 Å². The van der Waals surface area contributed by atoms with Crippen LogP contribution >= 0.6 is 0 Å². The number of hydrogen-bond acceptors (Lipinski definition) is 4. The summed E-state index contributed by atoms with van der Waals surface area (Å²) in [5.41, 5.74) is 6.73. The first-order chi connectivity index (χ1) is 15.1. The van der Waals surface area contributed by atoms with Crippen molar-refractivity contribution in [2.45, 2.75) is 44.6 Å². The van der Waals surface area contributed by atoms with E-state index in [1.165, 1.54) is 25.3 Å². The molecule has 31 heavy (non-hydrogen) atoms. The minimum Gasteiger partial charge on any atom is -0.357 e. The van der Waals surface area contributed by atoms with Crippen molar-refractivity contribution < 1.29 is 9.18 Å². The number of carbonyl (C=O) groups is 1. The zero-order valence-corrected chi connectivity index (χ0v) is 18.1. The Balaban J connectivity index is 1.23. The molecule has 3 heterocycles. The number of carbonyl (C=O) groups excluding carboxylic acids is 1. The Morgan fingerprint density at radius 2 is 1.87 bits per heavy atom. The third-order valence-corrected chi connectivity index (χ3v) is 6.80. The highest BCUT2D eigenvalue weighted by atomic mass is 19.1. The molecule has 2 N–H and O–H groups in total. The van der Waals surface area contributed by atoms with Gasteiger partial charge in [0.25, 0.3) is 0 Å². The molecule has 2 fully saturated rings. The summed E-state index contributed by atoms with van der Waals surface area (Å²) < 4.78 is 13.8. The predicted molar refractivity (Wildman–Crippen MR) is 121 cm³/mol. The molecule has 2 aromatic rings. The lowest BCUT2D eigenvalue weighted by molar-refractivity contribution is -0.139. The maximum absolute atomic E-state index is 13.8. The van der Waals surface area contributed by atoms with E-state index in [0.29, 0.717) is 23.8 Å². The van der Waals surface area contributed by atoms with E-state index in [1.807, 2.05) is 23.2 Å². The molecule has 2 aliphatic rings. The second-order valence-electron chi connectivity index (χ2n) is 9.04. The summed E-state index contributed by atoms with van der Waals surface area (Å²) in [4.78, 5) is 21.5. The first kappa shape index (κ1) is 21.8. The first-order valence-corrected chi connectivity index (χ1v) is 11.5. The van der Waals surface area contributed by atoms with E-state index in [0.717, 1.165) is 38.4 Å². The minimum absolute atomic E-state index is 0.0982. The van der Waals surface area contributed by atoms with Crippen LogP contribution < -0.4 is 10.6 Å². The number of hydrogen-bond donors (Lipinski definition) is 1. The third-order valence-electron chi connectivity index (χ3n) is 6.80. The van der Waals surface area contributed by atoms with Gasteiger partial charge in [0, 0.05) is 44.8 Å². The minimum atomic E-state index is -0.350. The molecule has 6 heteroatoms. The lowest BCUT2D eigenvalue weighted by Crippen LogP contribution is -2.54. The van der Waals surface area contributed by atoms with Crippen LogP contribution in [-0.4, -0.2) is 48.0 Å². The molecule has 2 saturated heterocycles. The fraction of sp³-hybridized carbons (Fsp3) is 0.520. The quantitative estimate of drug-likeness (QED) is 0.769. The third kappa shape index (κ3) is 5.62. The molecule has 5 nitrogen and oxygen atoms in total. The van der Waals surface area contributed by atoms with Crippen molar-refractivity contribution in [3.8, 4) is 0 Å². The summed E-state index contributed by atoms with van der Waals surface area (Å²) in [5, 5.41) is 0. The van der Waals surface area contributed by atoms with Crippen LogP contribution in [0.5, 0.6) is 0 Å². The largest absolute Gasteiger partial charge is 0.357 e. The monoisotopic (exact) mass is 424 g/mol. The molecular formula is C25H33FN4O. The maximum Gasteiger partial charge on any atom is 0.224 e. The van der Waals surface area contributed by atoms with Crippen molar-refractivity contribution in [2.24, 2.45) is 17.6 Å². The number of anilines is 1. The van der Waals surface area contributed by atoms with Gasteiger partial charge in [0.2, 0.25) is 5.91 Å². The molecule has 0 spiro atoms. The normalized spacial score (nSPS) is 21.2. The number of benzene rings is 1. The molecular weight excluding hydrogens is 391 g/mol. The van der Waals surface area contributed by atoms with Crippen LogP contribution in [0.1, 0.15) is 37.7 Å². The molecule has 0 radical (unpaired) electrons. The molecule has 0 bridgehead atoms. The van der Waals surface area contributed by atoms with Gasteiger partial charge in [-0.25, -0.2) is 9.37 Å². The average molecular weight is 425 g/mol. The fourth-order valence-corrected chi connectivity index (χ4v) is 4.91. The molecule has 166 valence electrons. The van der Waals surface area contributed by atoms with E-state index in [-0.39, 0.29) is 24.2 Å². The van der Waals surface area contributed by atoms with Crippen LogP contribution in [-0.2, 0) is 11.2 Å². The van der Waals surface area contributed by atoms with Gasteiger partial charge in [0.1, 0.15) is 11.6 Å². The van der Waals surface area contributed by atoms with E-state index >= 15 is 0 Å². The van der Waals surface area contributed by atoms with Gasteiger partial charge >= 0.3 is 0 Å². The highest BCUT2D eigenvalue weighted by Gasteiger charge is 2.36. The van der Waals surface area contributed by atoms with Gasteiger partial charge in [-0.05, 0) is 61.3 Å². The summed E-state index contributed by atoms with van der Waals surface area (Å²) in [5.74, 6) is 2.15. The zero-order valence-electron chi connectivity index (χ0n) is 18.1. The standard InChI is InChI=1S/C25H33FN4O/c26-23-9-2-1-8-20(23)15-22(27)16-25(31)30-17-21(18-30)19-7-4-6-13-29(14-11-19)24-10-3-5-12-28-24/h1-3,5,8-10,12,19,21-22H,4,6-7,11,13-18,27H2/t19?,22-/m1/s1. The number of amides is 1. The number of rotatable bonds is 6. The fourth-order valence-electron chi connectivity index (χ4n) is 4.91. The number of nitrogens with zero attached hydrogens (tertiary/aromatic N) is 3. The Bertz CT molecular complexity index is 856. The maximum atomic E-state index is 13.8. The first-order valence-electron chi connectivity index (χ1n) is 11.5. The molecule has 1 aromatic carbocycles. The molecule has 2 aliphatic heterocycles. The van der Waals surface area contributed by atoms with Crippen molar-refractivity contribution in [1.29, 1.82) is 0 Å². The lowest BCUT2D eigenvalue weighted by atomic mass is 9.79. The summed E-state index contributed by atoms with van der Waals surface area (Å²) in [7, 11) is 0. The Hall–Kier alpha value is -2.47. The van der Waals surface area contributed by atoms with Crippen LogP contribution in [0.25, 0.3) is 0 Å². The Labute approximate surface area is 184 Å². The van der Waals surface area contributed by atoms with Crippen LogP contribution in [0, 0.1) is 17.7 Å². The van der Waals surface area contributed by atoms with Crippen molar-refractivity contribution in [1.82, 2.24) is 9.88 Å². The molecule has 4 rings (SSSR count). The van der Waals surface area contributed by atoms with Crippen LogP contribution in [0.15, 0.2) is 48.7 Å². The zero-order chi connectivity index (χ0) is 21.6. The van der Waals surface area contributed by atoms with Crippen molar-refractivity contribution in [3.63, 3.8) is 0 Å². The van der Waals surface area contributed by atoms with Gasteiger partial charge in [0.05, 0.1) is 0 Å². The average Bonchev–Trinajstić information content (AvgIpc) is 2.71. The molecule has 1 unspecified atom stereocenters. The second kappa shape index (κ2) is 10.2. The van der Waals surface area contributed by atoms with Crippen LogP contribution in [0.4, 0.5) is 10.2 Å². The van der Waals surface area contributed by atoms with E-state index in [2.05, 4.69) is 16.0 Å². The summed E-state index contributed by atoms with van der Waals surface area (Å²) >= 11 is 0. The van der Waals surface area contributed by atoms with Crippen molar-refractivity contribution >= 4 is 11.7 Å². The Kier molecular flexibility index (Phi) is 7.17. The van der Waals surface area contributed by atoms with E-state index < -0.39 is 0 Å². The van der Waals surface area contributed by atoms with Crippen LogP contribution in [0.2, 0.25) is 0 Å². The van der Waals surface area contributed by atoms with Gasteiger partial charge in [-0.2, -0.15) is 0 Å². The molecule has 1 aromatic heterocycles. The highest BCUT2D eigenvalue weighted by molar-refractivity contribution is 5.77.